The minimum absolute atomic E-state index is 0.0382. The number of hydrogen-bond acceptors (Lipinski definition) is 2. The number of carbonyl (C=O) groups is 1. The Hall–Kier alpha value is -1.32. The van der Waals surface area contributed by atoms with E-state index in [0.717, 1.165) is 19.3 Å². The predicted octanol–water partition coefficient (Wildman–Crippen LogP) is 2.35. The van der Waals surface area contributed by atoms with Crippen LogP contribution in [0.2, 0.25) is 0 Å². The van der Waals surface area contributed by atoms with Gasteiger partial charge in [-0.25, -0.2) is 0 Å². The zero-order chi connectivity index (χ0) is 13.3. The Bertz CT molecular complexity index is 442. The molecule has 1 aliphatic carbocycles. The fourth-order valence-electron chi connectivity index (χ4n) is 2.58. The van der Waals surface area contributed by atoms with E-state index >= 15 is 0 Å². The van der Waals surface area contributed by atoms with Crippen LogP contribution in [0.25, 0.3) is 0 Å². The first-order valence-corrected chi connectivity index (χ1v) is 6.67. The Morgan fingerprint density at radius 1 is 1.56 bits per heavy atom. The van der Waals surface area contributed by atoms with Crippen LogP contribution in [0.1, 0.15) is 57.3 Å². The molecule has 1 aliphatic rings. The molecule has 1 aromatic heterocycles. The largest absolute Gasteiger partial charge is 0.349 e. The smallest absolute Gasteiger partial charge is 0.221 e. The van der Waals surface area contributed by atoms with E-state index in [-0.39, 0.29) is 17.4 Å². The number of aromatic nitrogens is 2. The molecule has 4 nitrogen and oxygen atoms in total. The summed E-state index contributed by atoms with van der Waals surface area (Å²) in [5.74, 6) is 0.143. The Balaban J connectivity index is 2.05. The minimum Gasteiger partial charge on any atom is -0.349 e. The number of hydrogen-bond donors (Lipinski definition) is 1. The second kappa shape index (κ2) is 4.75. The molecule has 0 spiro atoms. The highest BCUT2D eigenvalue weighted by Gasteiger charge is 2.26. The summed E-state index contributed by atoms with van der Waals surface area (Å²) in [6.07, 6.45) is 5.68. The number of nitrogens with one attached hydrogen (secondary N) is 1. The fraction of sp³-hybridized carbons (Fsp3) is 0.714. The van der Waals surface area contributed by atoms with Crippen molar-refractivity contribution in [3.05, 3.63) is 17.5 Å². The normalized spacial score (nSPS) is 19.4. The number of aryl methyl sites for hydroxylation is 1. The molecule has 1 heterocycles. The van der Waals surface area contributed by atoms with Crippen LogP contribution in [0.15, 0.2) is 6.20 Å². The third-order valence-electron chi connectivity index (χ3n) is 3.40. The van der Waals surface area contributed by atoms with Gasteiger partial charge in [0.1, 0.15) is 0 Å². The molecule has 0 radical (unpaired) electrons. The van der Waals surface area contributed by atoms with Gasteiger partial charge < -0.3 is 5.32 Å². The van der Waals surface area contributed by atoms with Gasteiger partial charge in [0, 0.05) is 24.7 Å². The standard InChI is InChI=1S/C14H23N3O/c1-14(2,3)8-13(18)16-11-6-5-7-12-10(11)9-15-17(12)4/h9,11H,5-8H2,1-4H3,(H,16,18). The van der Waals surface area contributed by atoms with Crippen molar-refractivity contribution in [2.45, 2.75) is 52.5 Å². The van der Waals surface area contributed by atoms with Gasteiger partial charge in [-0.15, -0.1) is 0 Å². The van der Waals surface area contributed by atoms with Crippen molar-refractivity contribution in [3.63, 3.8) is 0 Å². The molecule has 100 valence electrons. The molecule has 0 saturated carbocycles. The first-order valence-electron chi connectivity index (χ1n) is 6.67. The monoisotopic (exact) mass is 249 g/mol. The maximum Gasteiger partial charge on any atom is 0.221 e. The van der Waals surface area contributed by atoms with Crippen LogP contribution >= 0.6 is 0 Å². The van der Waals surface area contributed by atoms with E-state index in [2.05, 4.69) is 31.2 Å². The first kappa shape index (κ1) is 13.1. The molecule has 0 fully saturated rings. The lowest BCUT2D eigenvalue weighted by Gasteiger charge is -2.25. The summed E-state index contributed by atoms with van der Waals surface area (Å²) in [5, 5.41) is 7.45. The highest BCUT2D eigenvalue weighted by Crippen LogP contribution is 2.29. The summed E-state index contributed by atoms with van der Waals surface area (Å²) in [6.45, 7) is 6.26. The molecule has 1 unspecified atom stereocenters. The molecule has 0 aromatic carbocycles. The zero-order valence-electron chi connectivity index (χ0n) is 11.8. The molecule has 0 bridgehead atoms. The maximum atomic E-state index is 12.0. The van der Waals surface area contributed by atoms with E-state index in [4.69, 9.17) is 0 Å². The molecular formula is C14H23N3O. The van der Waals surface area contributed by atoms with Gasteiger partial charge >= 0.3 is 0 Å². The summed E-state index contributed by atoms with van der Waals surface area (Å²) >= 11 is 0. The van der Waals surface area contributed by atoms with E-state index in [9.17, 15) is 4.79 Å². The summed E-state index contributed by atoms with van der Waals surface area (Å²) < 4.78 is 1.93. The number of nitrogens with zero attached hydrogens (tertiary/aromatic N) is 2. The Morgan fingerprint density at radius 2 is 2.28 bits per heavy atom. The molecule has 0 saturated heterocycles. The average molecular weight is 249 g/mol. The Labute approximate surface area is 109 Å². The number of amides is 1. The summed E-state index contributed by atoms with van der Waals surface area (Å²) in [7, 11) is 1.97. The highest BCUT2D eigenvalue weighted by atomic mass is 16.1. The molecule has 1 amide bonds. The van der Waals surface area contributed by atoms with Gasteiger partial charge in [0.05, 0.1) is 12.2 Å². The predicted molar refractivity (Wildman–Crippen MR) is 71.1 cm³/mol. The third-order valence-corrected chi connectivity index (χ3v) is 3.40. The van der Waals surface area contributed by atoms with Crippen LogP contribution in [-0.4, -0.2) is 15.7 Å². The quantitative estimate of drug-likeness (QED) is 0.874. The van der Waals surface area contributed by atoms with E-state index in [0.29, 0.717) is 6.42 Å². The highest BCUT2D eigenvalue weighted by molar-refractivity contribution is 5.77. The topological polar surface area (TPSA) is 46.9 Å². The molecule has 18 heavy (non-hydrogen) atoms. The van der Waals surface area contributed by atoms with Crippen LogP contribution in [0, 0.1) is 5.41 Å². The van der Waals surface area contributed by atoms with E-state index < -0.39 is 0 Å². The van der Waals surface area contributed by atoms with Gasteiger partial charge in [-0.05, 0) is 24.7 Å². The lowest BCUT2D eigenvalue weighted by Crippen LogP contribution is -2.33. The first-order chi connectivity index (χ1) is 8.37. The lowest BCUT2D eigenvalue weighted by atomic mass is 9.90. The zero-order valence-corrected chi connectivity index (χ0v) is 11.8. The summed E-state index contributed by atoms with van der Waals surface area (Å²) in [5.41, 5.74) is 2.50. The number of fused-ring (bicyclic) bond motifs is 1. The molecule has 0 aliphatic heterocycles. The summed E-state index contributed by atoms with van der Waals surface area (Å²) in [6, 6.07) is 0.150. The van der Waals surface area contributed by atoms with Crippen LogP contribution in [0.4, 0.5) is 0 Å². The summed E-state index contributed by atoms with van der Waals surface area (Å²) in [4.78, 5) is 12.0. The number of carbonyl (C=O) groups excluding carboxylic acids is 1. The molecule has 1 aromatic rings. The van der Waals surface area contributed by atoms with E-state index in [1.807, 2.05) is 17.9 Å². The second-order valence-corrected chi connectivity index (χ2v) is 6.42. The van der Waals surface area contributed by atoms with Crippen molar-refractivity contribution in [1.29, 1.82) is 0 Å². The van der Waals surface area contributed by atoms with Crippen molar-refractivity contribution in [3.8, 4) is 0 Å². The van der Waals surface area contributed by atoms with Crippen LogP contribution in [-0.2, 0) is 18.3 Å². The van der Waals surface area contributed by atoms with Crippen LogP contribution < -0.4 is 5.32 Å². The maximum absolute atomic E-state index is 12.0. The van der Waals surface area contributed by atoms with Gasteiger partial charge in [0.25, 0.3) is 0 Å². The Kier molecular flexibility index (Phi) is 3.46. The molecule has 4 heteroatoms. The molecule has 2 rings (SSSR count). The Morgan fingerprint density at radius 3 is 2.94 bits per heavy atom. The molecule has 1 N–H and O–H groups in total. The SMILES string of the molecule is Cn1ncc2c1CCCC2NC(=O)CC(C)(C)C. The molecular weight excluding hydrogens is 226 g/mol. The van der Waals surface area contributed by atoms with Gasteiger partial charge in [-0.1, -0.05) is 20.8 Å². The van der Waals surface area contributed by atoms with Gasteiger partial charge in [-0.3, -0.25) is 9.48 Å². The van der Waals surface area contributed by atoms with Gasteiger partial charge in [0.2, 0.25) is 5.91 Å². The average Bonchev–Trinajstić information content (AvgIpc) is 2.59. The van der Waals surface area contributed by atoms with Crippen molar-refractivity contribution < 1.29 is 4.79 Å². The third kappa shape index (κ3) is 2.92. The van der Waals surface area contributed by atoms with E-state index in [1.54, 1.807) is 0 Å². The van der Waals surface area contributed by atoms with Crippen molar-refractivity contribution in [2.75, 3.05) is 0 Å². The minimum atomic E-state index is 0.0382. The van der Waals surface area contributed by atoms with Crippen molar-refractivity contribution in [2.24, 2.45) is 12.5 Å². The van der Waals surface area contributed by atoms with E-state index in [1.165, 1.54) is 11.3 Å². The molecule has 1 atom stereocenters. The van der Waals surface area contributed by atoms with Crippen LogP contribution in [0.3, 0.4) is 0 Å². The fourth-order valence-corrected chi connectivity index (χ4v) is 2.58. The van der Waals surface area contributed by atoms with Crippen LogP contribution in [0.5, 0.6) is 0 Å². The van der Waals surface area contributed by atoms with Crippen molar-refractivity contribution >= 4 is 5.91 Å². The lowest BCUT2D eigenvalue weighted by molar-refractivity contribution is -0.123. The van der Waals surface area contributed by atoms with Crippen molar-refractivity contribution in [1.82, 2.24) is 15.1 Å². The second-order valence-electron chi connectivity index (χ2n) is 6.42. The number of rotatable bonds is 2. The van der Waals surface area contributed by atoms with Gasteiger partial charge in [0.15, 0.2) is 0 Å². The van der Waals surface area contributed by atoms with Gasteiger partial charge in [-0.2, -0.15) is 5.10 Å².